The van der Waals surface area contributed by atoms with Crippen LogP contribution in [0, 0.1) is 5.92 Å². The molecule has 2 aromatic carbocycles. The Kier molecular flexibility index (Phi) is 8.74. The van der Waals surface area contributed by atoms with Gasteiger partial charge in [-0.05, 0) is 73.7 Å². The lowest BCUT2D eigenvalue weighted by atomic mass is 9.93. The van der Waals surface area contributed by atoms with Crippen molar-refractivity contribution in [2.75, 3.05) is 35.6 Å². The maximum Gasteiger partial charge on any atom is 0.226 e. The van der Waals surface area contributed by atoms with Gasteiger partial charge in [0.25, 0.3) is 0 Å². The normalized spacial score (nSPS) is 23.9. The van der Waals surface area contributed by atoms with E-state index in [0.717, 1.165) is 25.8 Å². The molecule has 2 heterocycles. The largest absolute Gasteiger partial charge is 0.393 e. The molecule has 4 atom stereocenters. The van der Waals surface area contributed by atoms with Crippen molar-refractivity contribution in [3.8, 4) is 0 Å². The summed E-state index contributed by atoms with van der Waals surface area (Å²) < 4.78 is 0. The first-order valence-corrected chi connectivity index (χ1v) is 14.6. The van der Waals surface area contributed by atoms with Crippen molar-refractivity contribution in [2.24, 2.45) is 5.92 Å². The summed E-state index contributed by atoms with van der Waals surface area (Å²) in [4.78, 5) is 13.7. The molecule has 0 bridgehead atoms. The number of aromatic nitrogens is 2. The number of nitrogens with one attached hydrogen (secondary N) is 1. The minimum atomic E-state index is -0.293. The van der Waals surface area contributed by atoms with Gasteiger partial charge < -0.3 is 21.1 Å². The zero-order valence-electron chi connectivity index (χ0n) is 22.2. The molecule has 2 fully saturated rings. The zero-order valence-corrected chi connectivity index (χ0v) is 24.5. The Balaban J connectivity index is 1.40. The molecule has 1 aliphatic carbocycles. The smallest absolute Gasteiger partial charge is 0.226 e. The fraction of sp³-hybridized carbons (Fsp3) is 0.448. The predicted molar refractivity (Wildman–Crippen MR) is 161 cm³/mol. The van der Waals surface area contributed by atoms with E-state index in [1.54, 1.807) is 0 Å². The van der Waals surface area contributed by atoms with Gasteiger partial charge in [0.1, 0.15) is 5.69 Å². The molecule has 208 valence electrons. The number of hydrogen-bond acceptors (Lipinski definition) is 7. The summed E-state index contributed by atoms with van der Waals surface area (Å²) in [5.74, 6) is 1.34. The molecule has 2 unspecified atom stereocenters. The minimum absolute atomic E-state index is 0.0283. The Morgan fingerprint density at radius 3 is 2.10 bits per heavy atom. The zero-order chi connectivity index (χ0) is 27.7. The third kappa shape index (κ3) is 6.23. The molecule has 5 rings (SSSR count). The molecule has 0 radical (unpaired) electrons. The Morgan fingerprint density at radius 2 is 1.54 bits per heavy atom. The third-order valence-corrected chi connectivity index (χ3v) is 8.73. The number of nitrogens with zero attached hydrogens (tertiary/aromatic N) is 4. The van der Waals surface area contributed by atoms with Crippen LogP contribution in [0.15, 0.2) is 48.5 Å². The molecule has 3 aromatic rings. The van der Waals surface area contributed by atoms with Crippen molar-refractivity contribution < 1.29 is 5.11 Å². The van der Waals surface area contributed by atoms with E-state index in [-0.39, 0.29) is 35.4 Å². The molecule has 1 saturated heterocycles. The molecule has 1 aromatic heterocycles. The van der Waals surface area contributed by atoms with Crippen LogP contribution in [0.3, 0.4) is 0 Å². The molecule has 7 nitrogen and oxygen atoms in total. The lowest BCUT2D eigenvalue weighted by molar-refractivity contribution is 0.129. The van der Waals surface area contributed by atoms with E-state index in [0.29, 0.717) is 40.5 Å². The van der Waals surface area contributed by atoms with Gasteiger partial charge in [0.05, 0.1) is 12.1 Å². The van der Waals surface area contributed by atoms with Crippen LogP contribution in [0.1, 0.15) is 50.3 Å². The van der Waals surface area contributed by atoms with Crippen molar-refractivity contribution in [3.63, 3.8) is 0 Å². The summed E-state index contributed by atoms with van der Waals surface area (Å²) in [6, 6.07) is 16.4. The van der Waals surface area contributed by atoms with Gasteiger partial charge in [-0.1, -0.05) is 53.9 Å². The summed E-state index contributed by atoms with van der Waals surface area (Å²) in [7, 11) is 0. The van der Waals surface area contributed by atoms with Gasteiger partial charge in [0.15, 0.2) is 11.6 Å². The second-order valence-electron chi connectivity index (χ2n) is 10.8. The molecule has 10 heteroatoms. The highest BCUT2D eigenvalue weighted by Gasteiger charge is 2.36. The van der Waals surface area contributed by atoms with Gasteiger partial charge in [-0.2, -0.15) is 9.97 Å². The van der Waals surface area contributed by atoms with Crippen LogP contribution in [0.5, 0.6) is 0 Å². The average Bonchev–Trinajstić information content (AvgIpc) is 3.33. The summed E-state index contributed by atoms with van der Waals surface area (Å²) in [6.45, 7) is 6.47. The molecule has 0 spiro atoms. The molecule has 1 saturated carbocycles. The second-order valence-corrected chi connectivity index (χ2v) is 12.0. The van der Waals surface area contributed by atoms with Crippen molar-refractivity contribution in [1.82, 2.24) is 14.9 Å². The second kappa shape index (κ2) is 12.1. The SMILES string of the molecule is C[C@@H]1CN(c2nc(Cl)nc(NCC3CCCC3O)c2N)[C@@H](C)CN1C(c1ccc(Cl)cc1)c1ccc(Cl)cc1. The first kappa shape index (κ1) is 28.2. The quantitative estimate of drug-likeness (QED) is 0.279. The van der Waals surface area contributed by atoms with Gasteiger partial charge >= 0.3 is 0 Å². The Labute approximate surface area is 245 Å². The fourth-order valence-electron chi connectivity index (χ4n) is 5.94. The highest BCUT2D eigenvalue weighted by molar-refractivity contribution is 6.30. The van der Waals surface area contributed by atoms with Gasteiger partial charge in [0.2, 0.25) is 5.28 Å². The van der Waals surface area contributed by atoms with Gasteiger partial charge in [0, 0.05) is 47.7 Å². The molecule has 39 heavy (non-hydrogen) atoms. The molecular weight excluding hydrogens is 555 g/mol. The van der Waals surface area contributed by atoms with Gasteiger partial charge in [-0.15, -0.1) is 0 Å². The fourth-order valence-corrected chi connectivity index (χ4v) is 6.36. The first-order chi connectivity index (χ1) is 18.7. The van der Waals surface area contributed by atoms with Gasteiger partial charge in [-0.3, -0.25) is 4.90 Å². The van der Waals surface area contributed by atoms with Crippen LogP contribution in [0.4, 0.5) is 17.3 Å². The van der Waals surface area contributed by atoms with E-state index in [4.69, 9.17) is 40.5 Å². The van der Waals surface area contributed by atoms with Crippen LogP contribution >= 0.6 is 34.8 Å². The van der Waals surface area contributed by atoms with Gasteiger partial charge in [-0.25, -0.2) is 0 Å². The maximum absolute atomic E-state index is 10.2. The highest BCUT2D eigenvalue weighted by Crippen LogP contribution is 2.38. The molecular formula is C29H35Cl3N6O. The first-order valence-electron chi connectivity index (χ1n) is 13.5. The number of benzene rings is 2. The molecule has 0 amide bonds. The number of aliphatic hydroxyl groups is 1. The van der Waals surface area contributed by atoms with Crippen LogP contribution in [-0.4, -0.2) is 57.8 Å². The monoisotopic (exact) mass is 588 g/mol. The average molecular weight is 590 g/mol. The number of piperazine rings is 1. The number of anilines is 3. The van der Waals surface area contributed by atoms with E-state index >= 15 is 0 Å². The van der Waals surface area contributed by atoms with Crippen molar-refractivity contribution in [1.29, 1.82) is 0 Å². The summed E-state index contributed by atoms with van der Waals surface area (Å²) in [6.07, 6.45) is 2.56. The van der Waals surface area contributed by atoms with E-state index < -0.39 is 0 Å². The van der Waals surface area contributed by atoms with E-state index in [9.17, 15) is 5.11 Å². The minimum Gasteiger partial charge on any atom is -0.393 e. The Hall–Kier alpha value is -2.29. The van der Waals surface area contributed by atoms with E-state index in [2.05, 4.69) is 63.2 Å². The van der Waals surface area contributed by atoms with Crippen LogP contribution < -0.4 is 16.0 Å². The Bertz CT molecular complexity index is 1230. The van der Waals surface area contributed by atoms with Crippen LogP contribution in [-0.2, 0) is 0 Å². The molecule has 1 aliphatic heterocycles. The van der Waals surface area contributed by atoms with Crippen molar-refractivity contribution in [3.05, 3.63) is 75.0 Å². The maximum atomic E-state index is 10.2. The number of nitrogens with two attached hydrogens (primary N) is 1. The summed E-state index contributed by atoms with van der Waals surface area (Å²) >= 11 is 18.8. The number of hydrogen-bond donors (Lipinski definition) is 3. The number of aliphatic hydroxyl groups excluding tert-OH is 1. The van der Waals surface area contributed by atoms with Crippen LogP contribution in [0.2, 0.25) is 15.3 Å². The number of rotatable bonds is 7. The standard InChI is InChI=1S/C29H35Cl3N6O/c1-17-16-38(28-25(33)27(35-29(32)36-28)34-14-21-4-3-5-24(21)39)18(2)15-37(17)26(19-6-10-22(30)11-7-19)20-8-12-23(31)13-9-20/h6-13,17-18,21,24,26,39H,3-5,14-16,33H2,1-2H3,(H,34,35,36)/t17-,18+,21?,24?/m1/s1. The lowest BCUT2D eigenvalue weighted by Crippen LogP contribution is -2.57. The lowest BCUT2D eigenvalue weighted by Gasteiger charge is -2.48. The highest BCUT2D eigenvalue weighted by atomic mass is 35.5. The summed E-state index contributed by atoms with van der Waals surface area (Å²) in [5.41, 5.74) is 9.44. The predicted octanol–water partition coefficient (Wildman–Crippen LogP) is 6.28. The molecule has 4 N–H and O–H groups in total. The van der Waals surface area contributed by atoms with Crippen molar-refractivity contribution >= 4 is 52.1 Å². The third-order valence-electron chi connectivity index (χ3n) is 8.06. The van der Waals surface area contributed by atoms with Crippen molar-refractivity contribution in [2.45, 2.75) is 57.3 Å². The number of nitrogen functional groups attached to an aromatic ring is 1. The topological polar surface area (TPSA) is 90.5 Å². The summed E-state index contributed by atoms with van der Waals surface area (Å²) in [5, 5.41) is 15.1. The van der Waals surface area contributed by atoms with E-state index in [1.807, 2.05) is 24.3 Å². The van der Waals surface area contributed by atoms with E-state index in [1.165, 1.54) is 11.1 Å². The molecule has 2 aliphatic rings. The van der Waals surface area contributed by atoms with Crippen LogP contribution in [0.25, 0.3) is 0 Å². The Morgan fingerprint density at radius 1 is 0.923 bits per heavy atom. The number of halogens is 3.